The zero-order chi connectivity index (χ0) is 10.3. The standard InChI is InChI=1S/C10H18N4/c1-7-8(4-12-14(7)3)9-5-13(2)6-10(9)11/h4,9-10H,5-6,11H2,1-3H3/t9-,10+/m1/s1. The van der Waals surface area contributed by atoms with E-state index in [0.29, 0.717) is 5.92 Å². The fraction of sp³-hybridized carbons (Fsp3) is 0.700. The number of aromatic nitrogens is 2. The van der Waals surface area contributed by atoms with Crippen molar-refractivity contribution in [3.8, 4) is 0 Å². The molecule has 78 valence electrons. The number of aryl methyl sites for hydroxylation is 1. The molecule has 2 rings (SSSR count). The molecule has 0 amide bonds. The summed E-state index contributed by atoms with van der Waals surface area (Å²) in [6.45, 7) is 4.14. The summed E-state index contributed by atoms with van der Waals surface area (Å²) in [6, 6.07) is 0.253. The Bertz CT molecular complexity index is 331. The van der Waals surface area contributed by atoms with Crippen molar-refractivity contribution < 1.29 is 0 Å². The normalized spacial score (nSPS) is 28.6. The van der Waals surface area contributed by atoms with Crippen LogP contribution in [-0.4, -0.2) is 40.9 Å². The van der Waals surface area contributed by atoms with Crippen molar-refractivity contribution >= 4 is 0 Å². The Morgan fingerprint density at radius 2 is 2.14 bits per heavy atom. The zero-order valence-corrected chi connectivity index (χ0v) is 9.07. The third-order valence-corrected chi connectivity index (χ3v) is 3.22. The molecule has 0 spiro atoms. The van der Waals surface area contributed by atoms with Crippen molar-refractivity contribution in [3.63, 3.8) is 0 Å². The number of rotatable bonds is 1. The molecule has 1 aliphatic heterocycles. The first-order valence-corrected chi connectivity index (χ1v) is 5.02. The lowest BCUT2D eigenvalue weighted by atomic mass is 9.96. The number of nitrogens with two attached hydrogens (primary N) is 1. The summed E-state index contributed by atoms with van der Waals surface area (Å²) in [6.07, 6.45) is 1.96. The summed E-state index contributed by atoms with van der Waals surface area (Å²) in [5.41, 5.74) is 8.65. The molecule has 0 saturated carbocycles. The van der Waals surface area contributed by atoms with Crippen LogP contribution in [0.5, 0.6) is 0 Å². The van der Waals surface area contributed by atoms with Gasteiger partial charge < -0.3 is 10.6 Å². The molecule has 0 aromatic carbocycles. The van der Waals surface area contributed by atoms with Gasteiger partial charge in [0.1, 0.15) is 0 Å². The summed E-state index contributed by atoms with van der Waals surface area (Å²) >= 11 is 0. The van der Waals surface area contributed by atoms with Crippen LogP contribution in [0.15, 0.2) is 6.20 Å². The third-order valence-electron chi connectivity index (χ3n) is 3.22. The predicted molar refractivity (Wildman–Crippen MR) is 56.2 cm³/mol. The Labute approximate surface area is 84.7 Å². The van der Waals surface area contributed by atoms with Crippen LogP contribution >= 0.6 is 0 Å². The molecule has 1 fully saturated rings. The minimum atomic E-state index is 0.253. The maximum Gasteiger partial charge on any atom is 0.0528 e. The molecule has 1 saturated heterocycles. The molecule has 1 aromatic heterocycles. The molecule has 4 heteroatoms. The van der Waals surface area contributed by atoms with E-state index in [2.05, 4.69) is 24.0 Å². The summed E-state index contributed by atoms with van der Waals surface area (Å²) in [5, 5.41) is 4.26. The lowest BCUT2D eigenvalue weighted by molar-refractivity contribution is 0.407. The van der Waals surface area contributed by atoms with Crippen molar-refractivity contribution in [3.05, 3.63) is 17.5 Å². The van der Waals surface area contributed by atoms with Gasteiger partial charge in [0.15, 0.2) is 0 Å². The molecule has 1 aromatic rings. The van der Waals surface area contributed by atoms with Crippen LogP contribution in [-0.2, 0) is 7.05 Å². The summed E-state index contributed by atoms with van der Waals surface area (Å²) in [5.74, 6) is 0.452. The Morgan fingerprint density at radius 1 is 1.43 bits per heavy atom. The van der Waals surface area contributed by atoms with Gasteiger partial charge in [-0.05, 0) is 19.5 Å². The second-order valence-electron chi connectivity index (χ2n) is 4.30. The molecule has 0 bridgehead atoms. The van der Waals surface area contributed by atoms with Gasteiger partial charge in [0.2, 0.25) is 0 Å². The summed E-state index contributed by atoms with van der Waals surface area (Å²) in [7, 11) is 4.09. The van der Waals surface area contributed by atoms with E-state index in [0.717, 1.165) is 13.1 Å². The van der Waals surface area contributed by atoms with Crippen LogP contribution in [0, 0.1) is 6.92 Å². The molecule has 2 N–H and O–H groups in total. The van der Waals surface area contributed by atoms with Crippen molar-refractivity contribution in [1.82, 2.24) is 14.7 Å². The fourth-order valence-electron chi connectivity index (χ4n) is 2.24. The largest absolute Gasteiger partial charge is 0.326 e. The maximum absolute atomic E-state index is 6.10. The lowest BCUT2D eigenvalue weighted by Crippen LogP contribution is -2.28. The van der Waals surface area contributed by atoms with E-state index >= 15 is 0 Å². The summed E-state index contributed by atoms with van der Waals surface area (Å²) < 4.78 is 1.92. The predicted octanol–water partition coefficient (Wildman–Crippen LogP) is 0.0848. The maximum atomic E-state index is 6.10. The van der Waals surface area contributed by atoms with Crippen LogP contribution in [0.4, 0.5) is 0 Å². The van der Waals surface area contributed by atoms with Gasteiger partial charge in [-0.15, -0.1) is 0 Å². The molecule has 0 aliphatic carbocycles. The SMILES string of the molecule is Cc1c([C@H]2CN(C)C[C@@H]2N)cnn1C. The Kier molecular flexibility index (Phi) is 2.33. The summed E-state index contributed by atoms with van der Waals surface area (Å²) in [4.78, 5) is 2.28. The average Bonchev–Trinajstić information content (AvgIpc) is 2.59. The molecule has 2 atom stereocenters. The molecule has 4 nitrogen and oxygen atoms in total. The number of likely N-dealkylation sites (tertiary alicyclic amines) is 1. The van der Waals surface area contributed by atoms with E-state index in [4.69, 9.17) is 5.73 Å². The topological polar surface area (TPSA) is 47.1 Å². The first kappa shape index (κ1) is 9.68. The van der Waals surface area contributed by atoms with Gasteiger partial charge in [-0.2, -0.15) is 5.10 Å². The Hall–Kier alpha value is -0.870. The Morgan fingerprint density at radius 3 is 2.57 bits per heavy atom. The van der Waals surface area contributed by atoms with Gasteiger partial charge >= 0.3 is 0 Å². The second kappa shape index (κ2) is 3.37. The molecule has 0 radical (unpaired) electrons. The van der Waals surface area contributed by atoms with Gasteiger partial charge in [-0.25, -0.2) is 0 Å². The van der Waals surface area contributed by atoms with E-state index in [1.807, 2.05) is 17.9 Å². The van der Waals surface area contributed by atoms with Gasteiger partial charge in [0, 0.05) is 37.8 Å². The van der Waals surface area contributed by atoms with Gasteiger partial charge in [0.05, 0.1) is 6.20 Å². The number of hydrogen-bond donors (Lipinski definition) is 1. The third kappa shape index (κ3) is 1.44. The van der Waals surface area contributed by atoms with Crippen LogP contribution in [0.3, 0.4) is 0 Å². The minimum absolute atomic E-state index is 0.253. The number of nitrogens with zero attached hydrogens (tertiary/aromatic N) is 3. The van der Waals surface area contributed by atoms with E-state index in [-0.39, 0.29) is 6.04 Å². The molecular formula is C10H18N4. The van der Waals surface area contributed by atoms with Gasteiger partial charge in [0.25, 0.3) is 0 Å². The molecule has 2 heterocycles. The fourth-order valence-corrected chi connectivity index (χ4v) is 2.24. The van der Waals surface area contributed by atoms with E-state index in [9.17, 15) is 0 Å². The highest BCUT2D eigenvalue weighted by Crippen LogP contribution is 2.27. The van der Waals surface area contributed by atoms with Crippen LogP contribution < -0.4 is 5.73 Å². The highest BCUT2D eigenvalue weighted by atomic mass is 15.3. The molecular weight excluding hydrogens is 176 g/mol. The number of hydrogen-bond acceptors (Lipinski definition) is 3. The van der Waals surface area contributed by atoms with Crippen molar-refractivity contribution in [1.29, 1.82) is 0 Å². The average molecular weight is 194 g/mol. The van der Waals surface area contributed by atoms with Gasteiger partial charge in [-0.1, -0.05) is 0 Å². The second-order valence-corrected chi connectivity index (χ2v) is 4.30. The van der Waals surface area contributed by atoms with Crippen molar-refractivity contribution in [2.75, 3.05) is 20.1 Å². The molecule has 1 aliphatic rings. The highest BCUT2D eigenvalue weighted by Gasteiger charge is 2.31. The highest BCUT2D eigenvalue weighted by molar-refractivity contribution is 5.25. The van der Waals surface area contributed by atoms with Crippen LogP contribution in [0.25, 0.3) is 0 Å². The zero-order valence-electron chi connectivity index (χ0n) is 9.07. The lowest BCUT2D eigenvalue weighted by Gasteiger charge is -2.13. The quantitative estimate of drug-likeness (QED) is 0.689. The van der Waals surface area contributed by atoms with E-state index < -0.39 is 0 Å². The number of likely N-dealkylation sites (N-methyl/N-ethyl adjacent to an activating group) is 1. The molecule has 0 unspecified atom stereocenters. The van der Waals surface area contributed by atoms with Crippen molar-refractivity contribution in [2.45, 2.75) is 18.9 Å². The molecule has 14 heavy (non-hydrogen) atoms. The van der Waals surface area contributed by atoms with Gasteiger partial charge in [-0.3, -0.25) is 4.68 Å². The van der Waals surface area contributed by atoms with E-state index in [1.54, 1.807) is 0 Å². The van der Waals surface area contributed by atoms with E-state index in [1.165, 1.54) is 11.3 Å². The smallest absolute Gasteiger partial charge is 0.0528 e. The first-order chi connectivity index (χ1) is 6.59. The van der Waals surface area contributed by atoms with Crippen molar-refractivity contribution in [2.24, 2.45) is 12.8 Å². The minimum Gasteiger partial charge on any atom is -0.326 e. The van der Waals surface area contributed by atoms with Crippen LogP contribution in [0.2, 0.25) is 0 Å². The van der Waals surface area contributed by atoms with Crippen LogP contribution in [0.1, 0.15) is 17.2 Å². The first-order valence-electron chi connectivity index (χ1n) is 5.02. The Balaban J connectivity index is 2.27. The monoisotopic (exact) mass is 194 g/mol.